The molecular formula is C10H14ClN5O2. The van der Waals surface area contributed by atoms with E-state index in [0.29, 0.717) is 13.1 Å². The van der Waals surface area contributed by atoms with Gasteiger partial charge < -0.3 is 15.5 Å². The number of nitrogens with zero attached hydrogens (tertiary/aromatic N) is 3. The maximum Gasteiger partial charge on any atom is 0.316 e. The van der Waals surface area contributed by atoms with Crippen molar-refractivity contribution in [1.82, 2.24) is 25.5 Å². The Morgan fingerprint density at radius 1 is 1.28 bits per heavy atom. The number of halogens is 1. The van der Waals surface area contributed by atoms with Crippen LogP contribution < -0.4 is 10.6 Å². The zero-order chi connectivity index (χ0) is 13.5. The van der Waals surface area contributed by atoms with Crippen LogP contribution in [0.2, 0.25) is 5.15 Å². The van der Waals surface area contributed by atoms with Crippen LogP contribution in [0.3, 0.4) is 0 Å². The molecule has 0 bridgehead atoms. The van der Waals surface area contributed by atoms with Crippen LogP contribution in [0, 0.1) is 0 Å². The third kappa shape index (κ3) is 4.54. The highest BCUT2D eigenvalue weighted by molar-refractivity contribution is 6.29. The van der Waals surface area contributed by atoms with Crippen LogP contribution in [-0.2, 0) is 0 Å². The Balaban J connectivity index is 2.32. The number of hydrogen-bond acceptors (Lipinski definition) is 4. The van der Waals surface area contributed by atoms with E-state index in [1.54, 1.807) is 14.1 Å². The lowest BCUT2D eigenvalue weighted by Crippen LogP contribution is -2.39. The number of carbonyl (C=O) groups is 2. The first kappa shape index (κ1) is 14.2. The van der Waals surface area contributed by atoms with Crippen molar-refractivity contribution in [2.24, 2.45) is 0 Å². The van der Waals surface area contributed by atoms with Crippen molar-refractivity contribution in [3.05, 3.63) is 23.2 Å². The van der Waals surface area contributed by atoms with E-state index < -0.39 is 0 Å². The van der Waals surface area contributed by atoms with Gasteiger partial charge in [-0.05, 0) is 0 Å². The minimum atomic E-state index is -0.385. The quantitative estimate of drug-likeness (QED) is 0.762. The maximum absolute atomic E-state index is 11.6. The van der Waals surface area contributed by atoms with Crippen LogP contribution in [0.25, 0.3) is 0 Å². The molecule has 0 saturated heterocycles. The third-order valence-corrected chi connectivity index (χ3v) is 2.11. The van der Waals surface area contributed by atoms with Crippen LogP contribution in [-0.4, -0.2) is 54.0 Å². The molecule has 8 heteroatoms. The summed E-state index contributed by atoms with van der Waals surface area (Å²) < 4.78 is 0. The topological polar surface area (TPSA) is 87.2 Å². The summed E-state index contributed by atoms with van der Waals surface area (Å²) >= 11 is 5.61. The van der Waals surface area contributed by atoms with Crippen molar-refractivity contribution < 1.29 is 9.59 Å². The molecule has 0 aliphatic heterocycles. The third-order valence-electron chi connectivity index (χ3n) is 1.93. The van der Waals surface area contributed by atoms with Crippen LogP contribution >= 0.6 is 11.6 Å². The maximum atomic E-state index is 11.6. The highest BCUT2D eigenvalue weighted by Crippen LogP contribution is 2.01. The van der Waals surface area contributed by atoms with E-state index in [-0.39, 0.29) is 22.8 Å². The lowest BCUT2D eigenvalue weighted by atomic mass is 10.4. The molecule has 0 fully saturated rings. The molecule has 1 aromatic rings. The first-order valence-electron chi connectivity index (χ1n) is 5.21. The van der Waals surface area contributed by atoms with Crippen molar-refractivity contribution in [3.63, 3.8) is 0 Å². The van der Waals surface area contributed by atoms with Gasteiger partial charge in [0.15, 0.2) is 0 Å². The van der Waals surface area contributed by atoms with Gasteiger partial charge in [-0.2, -0.15) is 0 Å². The number of carbonyl (C=O) groups excluding carboxylic acids is 2. The highest BCUT2D eigenvalue weighted by Gasteiger charge is 2.08. The van der Waals surface area contributed by atoms with E-state index in [2.05, 4.69) is 20.6 Å². The van der Waals surface area contributed by atoms with E-state index >= 15 is 0 Å². The summed E-state index contributed by atoms with van der Waals surface area (Å²) in [6.45, 7) is 0.628. The number of urea groups is 1. The molecule has 1 rings (SSSR count). The largest absolute Gasteiger partial charge is 0.349 e. The van der Waals surface area contributed by atoms with Crippen LogP contribution in [0.4, 0.5) is 4.79 Å². The minimum Gasteiger partial charge on any atom is -0.349 e. The summed E-state index contributed by atoms with van der Waals surface area (Å²) in [4.78, 5) is 31.7. The van der Waals surface area contributed by atoms with Gasteiger partial charge in [0.2, 0.25) is 0 Å². The molecule has 0 spiro atoms. The van der Waals surface area contributed by atoms with Gasteiger partial charge in [0, 0.05) is 27.2 Å². The van der Waals surface area contributed by atoms with E-state index in [1.165, 1.54) is 17.3 Å². The lowest BCUT2D eigenvalue weighted by Gasteiger charge is -2.12. The number of nitrogens with one attached hydrogen (secondary N) is 2. The first-order valence-corrected chi connectivity index (χ1v) is 5.59. The summed E-state index contributed by atoms with van der Waals surface area (Å²) in [5, 5.41) is 5.35. The molecule has 0 aliphatic rings. The molecule has 1 heterocycles. The number of amides is 3. The average molecular weight is 272 g/mol. The summed E-state index contributed by atoms with van der Waals surface area (Å²) in [7, 11) is 3.27. The fourth-order valence-electron chi connectivity index (χ4n) is 1.05. The zero-order valence-electron chi connectivity index (χ0n) is 10.1. The number of rotatable bonds is 4. The fraction of sp³-hybridized carbons (Fsp3) is 0.400. The summed E-state index contributed by atoms with van der Waals surface area (Å²) in [6, 6.07) is -0.216. The van der Waals surface area contributed by atoms with Crippen LogP contribution in [0.1, 0.15) is 10.5 Å². The molecule has 0 saturated carbocycles. The van der Waals surface area contributed by atoms with Crippen molar-refractivity contribution in [1.29, 1.82) is 0 Å². The van der Waals surface area contributed by atoms with Crippen LogP contribution in [0.5, 0.6) is 0 Å². The summed E-state index contributed by atoms with van der Waals surface area (Å²) in [6.07, 6.45) is 2.66. The van der Waals surface area contributed by atoms with Gasteiger partial charge in [0.25, 0.3) is 5.91 Å². The molecule has 0 radical (unpaired) electrons. The fourth-order valence-corrected chi connectivity index (χ4v) is 1.19. The zero-order valence-corrected chi connectivity index (χ0v) is 10.9. The summed E-state index contributed by atoms with van der Waals surface area (Å²) in [5.41, 5.74) is 0.140. The second-order valence-electron chi connectivity index (χ2n) is 3.61. The van der Waals surface area contributed by atoms with Gasteiger partial charge in [-0.25, -0.2) is 9.78 Å². The van der Waals surface area contributed by atoms with E-state index in [0.717, 1.165) is 0 Å². The monoisotopic (exact) mass is 271 g/mol. The summed E-state index contributed by atoms with van der Waals surface area (Å²) in [5.74, 6) is -0.385. The average Bonchev–Trinajstić information content (AvgIpc) is 2.33. The Kier molecular flexibility index (Phi) is 5.31. The number of aromatic nitrogens is 2. The molecule has 3 amide bonds. The van der Waals surface area contributed by atoms with Gasteiger partial charge in [-0.3, -0.25) is 9.78 Å². The highest BCUT2D eigenvalue weighted by atomic mass is 35.5. The van der Waals surface area contributed by atoms with E-state index in [4.69, 9.17) is 11.6 Å². The molecule has 1 aromatic heterocycles. The van der Waals surface area contributed by atoms with Gasteiger partial charge >= 0.3 is 6.03 Å². The Bertz CT molecular complexity index is 438. The first-order chi connectivity index (χ1) is 8.50. The van der Waals surface area contributed by atoms with Gasteiger partial charge in [0.1, 0.15) is 10.8 Å². The Labute approximate surface area is 110 Å². The van der Waals surface area contributed by atoms with Crippen molar-refractivity contribution in [3.8, 4) is 0 Å². The molecule has 0 atom stereocenters. The van der Waals surface area contributed by atoms with Gasteiger partial charge in [-0.15, -0.1) is 0 Å². The molecule has 2 N–H and O–H groups in total. The lowest BCUT2D eigenvalue weighted by molar-refractivity contribution is 0.0948. The SMILES string of the molecule is CN(C)C(=O)NCCNC(=O)c1cncc(Cl)n1. The minimum absolute atomic E-state index is 0.140. The Hall–Kier alpha value is -1.89. The molecule has 98 valence electrons. The molecule has 0 unspecified atom stereocenters. The Morgan fingerprint density at radius 3 is 2.56 bits per heavy atom. The number of hydrogen-bond donors (Lipinski definition) is 2. The van der Waals surface area contributed by atoms with Crippen LogP contribution in [0.15, 0.2) is 12.4 Å². The Morgan fingerprint density at radius 2 is 1.94 bits per heavy atom. The normalized spacial score (nSPS) is 9.72. The molecular weight excluding hydrogens is 258 g/mol. The van der Waals surface area contributed by atoms with Crippen molar-refractivity contribution in [2.45, 2.75) is 0 Å². The van der Waals surface area contributed by atoms with Gasteiger partial charge in [-0.1, -0.05) is 11.6 Å². The molecule has 0 aliphatic carbocycles. The standard InChI is InChI=1S/C10H14ClN5O2/c1-16(2)10(18)14-4-3-13-9(17)7-5-12-6-8(11)15-7/h5-6H,3-4H2,1-2H3,(H,13,17)(H,14,18). The van der Waals surface area contributed by atoms with Crippen molar-refractivity contribution in [2.75, 3.05) is 27.2 Å². The molecule has 7 nitrogen and oxygen atoms in total. The second kappa shape index (κ2) is 6.75. The predicted molar refractivity (Wildman–Crippen MR) is 66.5 cm³/mol. The second-order valence-corrected chi connectivity index (χ2v) is 4.00. The van der Waals surface area contributed by atoms with E-state index in [1.807, 2.05) is 0 Å². The predicted octanol–water partition coefficient (Wildman–Crippen LogP) is 0.131. The van der Waals surface area contributed by atoms with E-state index in [9.17, 15) is 9.59 Å². The van der Waals surface area contributed by atoms with Crippen molar-refractivity contribution >= 4 is 23.5 Å². The molecule has 18 heavy (non-hydrogen) atoms. The molecule has 0 aromatic carbocycles. The smallest absolute Gasteiger partial charge is 0.316 e. The van der Waals surface area contributed by atoms with Gasteiger partial charge in [0.05, 0.1) is 12.4 Å².